The van der Waals surface area contributed by atoms with Crippen LogP contribution in [0.3, 0.4) is 0 Å². The SMILES string of the molecule is CCOC(=O)c1c(C)[nH]c(C(=O)C(C)N(C)Cc2ccc(OC)c(OC)c2)c1C. The summed E-state index contributed by atoms with van der Waals surface area (Å²) in [6.07, 6.45) is 0. The third kappa shape index (κ3) is 4.79. The van der Waals surface area contributed by atoms with E-state index in [0.717, 1.165) is 5.56 Å². The lowest BCUT2D eigenvalue weighted by atomic mass is 10.0. The number of aromatic nitrogens is 1. The average Bonchev–Trinajstić information content (AvgIpc) is 3.00. The van der Waals surface area contributed by atoms with Crippen molar-refractivity contribution in [3.63, 3.8) is 0 Å². The van der Waals surface area contributed by atoms with E-state index in [1.54, 1.807) is 35.0 Å². The van der Waals surface area contributed by atoms with Gasteiger partial charge in [0.15, 0.2) is 17.3 Å². The van der Waals surface area contributed by atoms with Crippen molar-refractivity contribution in [3.05, 3.63) is 46.3 Å². The quantitative estimate of drug-likeness (QED) is 0.511. The fourth-order valence-corrected chi connectivity index (χ4v) is 3.32. The first kappa shape index (κ1) is 22.5. The highest BCUT2D eigenvalue weighted by Crippen LogP contribution is 2.28. The summed E-state index contributed by atoms with van der Waals surface area (Å²) in [6, 6.07) is 5.29. The summed E-state index contributed by atoms with van der Waals surface area (Å²) in [5.74, 6) is 0.813. The Kier molecular flexibility index (Phi) is 7.45. The smallest absolute Gasteiger partial charge is 0.340 e. The van der Waals surface area contributed by atoms with Crippen molar-refractivity contribution in [1.82, 2.24) is 9.88 Å². The lowest BCUT2D eigenvalue weighted by molar-refractivity contribution is 0.0525. The van der Waals surface area contributed by atoms with Crippen molar-refractivity contribution in [1.29, 1.82) is 0 Å². The van der Waals surface area contributed by atoms with Crippen LogP contribution in [-0.4, -0.2) is 55.6 Å². The van der Waals surface area contributed by atoms with Gasteiger partial charge in [0.1, 0.15) is 0 Å². The number of nitrogens with zero attached hydrogens (tertiary/aromatic N) is 1. The van der Waals surface area contributed by atoms with E-state index in [1.807, 2.05) is 37.1 Å². The monoisotopic (exact) mass is 402 g/mol. The Morgan fingerprint density at radius 1 is 1.14 bits per heavy atom. The summed E-state index contributed by atoms with van der Waals surface area (Å²) < 4.78 is 15.7. The summed E-state index contributed by atoms with van der Waals surface area (Å²) >= 11 is 0. The molecule has 0 bridgehead atoms. The third-order valence-corrected chi connectivity index (χ3v) is 5.08. The van der Waals surface area contributed by atoms with Crippen LogP contribution >= 0.6 is 0 Å². The molecule has 0 saturated carbocycles. The van der Waals surface area contributed by atoms with E-state index in [0.29, 0.717) is 40.6 Å². The molecule has 29 heavy (non-hydrogen) atoms. The molecule has 158 valence electrons. The van der Waals surface area contributed by atoms with Crippen LogP contribution in [0.2, 0.25) is 0 Å². The number of carbonyl (C=O) groups is 2. The predicted molar refractivity (Wildman–Crippen MR) is 111 cm³/mol. The molecule has 1 unspecified atom stereocenters. The molecule has 1 aromatic heterocycles. The van der Waals surface area contributed by atoms with E-state index in [9.17, 15) is 9.59 Å². The minimum Gasteiger partial charge on any atom is -0.493 e. The van der Waals surface area contributed by atoms with Crippen molar-refractivity contribution in [2.24, 2.45) is 0 Å². The van der Waals surface area contributed by atoms with Crippen LogP contribution in [-0.2, 0) is 11.3 Å². The first-order valence-corrected chi connectivity index (χ1v) is 9.56. The number of rotatable bonds is 9. The van der Waals surface area contributed by atoms with E-state index in [2.05, 4.69) is 4.98 Å². The molecule has 2 aromatic rings. The molecule has 0 aliphatic carbocycles. The van der Waals surface area contributed by atoms with Crippen molar-refractivity contribution in [2.45, 2.75) is 40.3 Å². The number of carbonyl (C=O) groups excluding carboxylic acids is 2. The molecule has 0 fully saturated rings. The van der Waals surface area contributed by atoms with E-state index in [-0.39, 0.29) is 12.4 Å². The lowest BCUT2D eigenvalue weighted by Gasteiger charge is -2.24. The molecule has 7 heteroatoms. The average molecular weight is 402 g/mol. The van der Waals surface area contributed by atoms with Crippen LogP contribution in [0.4, 0.5) is 0 Å². The second-order valence-electron chi connectivity index (χ2n) is 6.99. The van der Waals surface area contributed by atoms with Crippen LogP contribution in [0.15, 0.2) is 18.2 Å². The fraction of sp³-hybridized carbons (Fsp3) is 0.455. The number of aryl methyl sites for hydroxylation is 1. The van der Waals surface area contributed by atoms with E-state index < -0.39 is 12.0 Å². The van der Waals surface area contributed by atoms with Crippen molar-refractivity contribution in [3.8, 4) is 11.5 Å². The molecule has 1 atom stereocenters. The molecule has 1 aromatic carbocycles. The fourth-order valence-electron chi connectivity index (χ4n) is 3.32. The predicted octanol–water partition coefficient (Wildman–Crippen LogP) is 3.53. The van der Waals surface area contributed by atoms with Gasteiger partial charge in [-0.25, -0.2) is 4.79 Å². The van der Waals surface area contributed by atoms with Crippen LogP contribution in [0.25, 0.3) is 0 Å². The zero-order chi connectivity index (χ0) is 21.7. The number of nitrogens with one attached hydrogen (secondary N) is 1. The highest BCUT2D eigenvalue weighted by atomic mass is 16.5. The molecule has 1 N–H and O–H groups in total. The van der Waals surface area contributed by atoms with Gasteiger partial charge in [0.2, 0.25) is 0 Å². The van der Waals surface area contributed by atoms with Crippen LogP contribution in [0, 0.1) is 13.8 Å². The molecule has 0 saturated heterocycles. The molecular weight excluding hydrogens is 372 g/mol. The minimum absolute atomic E-state index is 0.0795. The van der Waals surface area contributed by atoms with E-state index >= 15 is 0 Å². The van der Waals surface area contributed by atoms with E-state index in [4.69, 9.17) is 14.2 Å². The molecule has 0 spiro atoms. The highest BCUT2D eigenvalue weighted by Gasteiger charge is 2.27. The molecule has 0 amide bonds. The third-order valence-electron chi connectivity index (χ3n) is 5.08. The summed E-state index contributed by atoms with van der Waals surface area (Å²) in [5, 5.41) is 0. The first-order valence-electron chi connectivity index (χ1n) is 9.56. The number of hydrogen-bond donors (Lipinski definition) is 1. The van der Waals surface area contributed by atoms with Crippen LogP contribution in [0.5, 0.6) is 11.5 Å². The molecule has 0 radical (unpaired) electrons. The summed E-state index contributed by atoms with van der Waals surface area (Å²) in [5.41, 5.74) is 3.13. The number of benzene rings is 1. The van der Waals surface area contributed by atoms with Gasteiger partial charge in [0.05, 0.1) is 38.1 Å². The van der Waals surface area contributed by atoms with Crippen LogP contribution in [0.1, 0.15) is 51.5 Å². The number of ether oxygens (including phenoxy) is 3. The number of hydrogen-bond acceptors (Lipinski definition) is 6. The maximum atomic E-state index is 13.1. The minimum atomic E-state index is -0.413. The van der Waals surface area contributed by atoms with Gasteiger partial charge in [-0.15, -0.1) is 0 Å². The normalized spacial score (nSPS) is 12.0. The molecule has 7 nitrogen and oxygen atoms in total. The number of methoxy groups -OCH3 is 2. The summed E-state index contributed by atoms with van der Waals surface area (Å²) in [6.45, 7) is 7.99. The Morgan fingerprint density at radius 2 is 1.79 bits per heavy atom. The second-order valence-corrected chi connectivity index (χ2v) is 6.99. The molecular formula is C22H30N2O5. The molecule has 0 aliphatic rings. The number of esters is 1. The van der Waals surface area contributed by atoms with Gasteiger partial charge in [-0.1, -0.05) is 6.07 Å². The Balaban J connectivity index is 2.20. The van der Waals surface area contributed by atoms with Gasteiger partial charge in [-0.2, -0.15) is 0 Å². The van der Waals surface area contributed by atoms with Crippen molar-refractivity contribution < 1.29 is 23.8 Å². The Labute approximate surface area is 172 Å². The second kappa shape index (κ2) is 9.60. The number of likely N-dealkylation sites (N-methyl/N-ethyl adjacent to an activating group) is 1. The number of Topliss-reactive ketones (excluding diaryl/α,β-unsaturated/α-hetero) is 1. The summed E-state index contributed by atoms with van der Waals surface area (Å²) in [7, 11) is 5.07. The van der Waals surface area contributed by atoms with Gasteiger partial charge in [-0.3, -0.25) is 9.69 Å². The Bertz CT molecular complexity index is 888. The Morgan fingerprint density at radius 3 is 2.38 bits per heavy atom. The largest absolute Gasteiger partial charge is 0.493 e. The number of H-pyrrole nitrogens is 1. The molecule has 0 aliphatic heterocycles. The molecule has 2 rings (SSSR count). The standard InChI is InChI=1S/C22H30N2O5/c1-8-29-22(26)19-13(2)20(23-14(19)3)21(25)15(4)24(5)12-16-9-10-17(27-6)18(11-16)28-7/h9-11,15,23H,8,12H2,1-7H3. The molecule has 1 heterocycles. The maximum absolute atomic E-state index is 13.1. The van der Waals surface area contributed by atoms with E-state index in [1.165, 1.54) is 0 Å². The number of ketones is 1. The number of aromatic amines is 1. The topological polar surface area (TPSA) is 80.9 Å². The zero-order valence-corrected chi connectivity index (χ0v) is 18.2. The Hall–Kier alpha value is -2.80. The lowest BCUT2D eigenvalue weighted by Crippen LogP contribution is -2.36. The van der Waals surface area contributed by atoms with Crippen molar-refractivity contribution >= 4 is 11.8 Å². The van der Waals surface area contributed by atoms with Gasteiger partial charge in [0, 0.05) is 12.2 Å². The highest BCUT2D eigenvalue weighted by molar-refractivity contribution is 6.03. The van der Waals surface area contributed by atoms with Gasteiger partial charge in [-0.05, 0) is 58.0 Å². The maximum Gasteiger partial charge on any atom is 0.340 e. The van der Waals surface area contributed by atoms with Gasteiger partial charge >= 0.3 is 5.97 Å². The van der Waals surface area contributed by atoms with Gasteiger partial charge in [0.25, 0.3) is 0 Å². The summed E-state index contributed by atoms with van der Waals surface area (Å²) in [4.78, 5) is 30.3. The van der Waals surface area contributed by atoms with Gasteiger partial charge < -0.3 is 19.2 Å². The zero-order valence-electron chi connectivity index (χ0n) is 18.2. The van der Waals surface area contributed by atoms with Crippen molar-refractivity contribution in [2.75, 3.05) is 27.9 Å². The van der Waals surface area contributed by atoms with Crippen LogP contribution < -0.4 is 9.47 Å². The first-order chi connectivity index (χ1) is 13.7.